The largest absolute Gasteiger partial charge is 0.422 e. The van der Waals surface area contributed by atoms with Crippen LogP contribution in [0.2, 0.25) is 0 Å². The Morgan fingerprint density at radius 1 is 0.625 bits per heavy atom. The molecular weight excluding hydrogens is 426 g/mol. The summed E-state index contributed by atoms with van der Waals surface area (Å²) in [4.78, 5) is 14.7. The zero-order valence-corrected chi connectivity index (χ0v) is 18.3. The van der Waals surface area contributed by atoms with Crippen molar-refractivity contribution in [1.29, 1.82) is 0 Å². The maximum absolute atomic E-state index is 12.3. The van der Waals surface area contributed by atoms with Gasteiger partial charge in [0.05, 0.1) is 10.9 Å². The van der Waals surface area contributed by atoms with E-state index < -0.39 is 11.9 Å². The van der Waals surface area contributed by atoms with Crippen LogP contribution in [0.4, 0.5) is 8.78 Å². The van der Waals surface area contributed by atoms with Crippen molar-refractivity contribution in [2.24, 2.45) is 0 Å². The van der Waals surface area contributed by atoms with Crippen molar-refractivity contribution in [1.82, 2.24) is 0 Å². The number of hydrogen-bond acceptors (Lipinski definition) is 2. The van der Waals surface area contributed by atoms with Crippen LogP contribution in [0.5, 0.6) is 5.75 Å². The lowest BCUT2D eigenvalue weighted by molar-refractivity contribution is -0.158. The number of ether oxygens (including phenoxy) is 1. The summed E-state index contributed by atoms with van der Waals surface area (Å²) in [6.45, 7) is 0.498. The number of carbonyl (C=O) groups excluding carboxylic acids is 1. The van der Waals surface area contributed by atoms with Gasteiger partial charge in [-0.3, -0.25) is 0 Å². The molecule has 0 fully saturated rings. The first-order valence-electron chi connectivity index (χ1n) is 10.00. The molecule has 5 heteroatoms. The molecule has 0 aromatic heterocycles. The van der Waals surface area contributed by atoms with Crippen molar-refractivity contribution in [3.63, 3.8) is 0 Å². The molecule has 0 saturated heterocycles. The topological polar surface area (TPSA) is 26.3 Å². The average molecular weight is 450 g/mol. The molecule has 0 aliphatic rings. The fraction of sp³-hybridized carbons (Fsp3) is 0.0741. The van der Waals surface area contributed by atoms with E-state index in [0.717, 1.165) is 0 Å². The first kappa shape index (κ1) is 23.2. The molecule has 0 heterocycles. The van der Waals surface area contributed by atoms with Crippen molar-refractivity contribution in [2.75, 3.05) is 0 Å². The molecular formula is C27H23F2O2S+. The summed E-state index contributed by atoms with van der Waals surface area (Å²) < 4.78 is 29.0. The summed E-state index contributed by atoms with van der Waals surface area (Å²) in [6.07, 6.45) is 0. The Morgan fingerprint density at radius 3 is 1.25 bits per heavy atom. The smallest absolute Gasteiger partial charge is 0.382 e. The predicted octanol–water partition coefficient (Wildman–Crippen LogP) is 7.03. The molecule has 2 nitrogen and oxygen atoms in total. The minimum Gasteiger partial charge on any atom is -0.422 e. The summed E-state index contributed by atoms with van der Waals surface area (Å²) in [5, 5.41) is 0. The molecule has 162 valence electrons. The molecule has 32 heavy (non-hydrogen) atoms. The zero-order valence-electron chi connectivity index (χ0n) is 17.5. The minimum atomic E-state index is -3.45. The molecule has 0 spiro atoms. The van der Waals surface area contributed by atoms with Gasteiger partial charge in [0, 0.05) is 6.92 Å². The Bertz CT molecular complexity index is 990. The van der Waals surface area contributed by atoms with Gasteiger partial charge < -0.3 is 4.74 Å². The van der Waals surface area contributed by atoms with E-state index in [1.165, 1.54) is 26.8 Å². The highest BCUT2D eigenvalue weighted by Crippen LogP contribution is 2.30. The Labute approximate surface area is 189 Å². The van der Waals surface area contributed by atoms with Gasteiger partial charge in [-0.1, -0.05) is 72.8 Å². The van der Waals surface area contributed by atoms with E-state index >= 15 is 0 Å². The van der Waals surface area contributed by atoms with Gasteiger partial charge in [-0.25, -0.2) is 4.79 Å². The van der Waals surface area contributed by atoms with E-state index in [1.54, 1.807) is 18.2 Å². The van der Waals surface area contributed by atoms with Crippen LogP contribution in [-0.2, 0) is 15.7 Å². The lowest BCUT2D eigenvalue weighted by atomic mass is 10.3. The molecule has 0 atom stereocenters. The molecule has 0 amide bonds. The van der Waals surface area contributed by atoms with Crippen molar-refractivity contribution in [2.45, 2.75) is 27.5 Å². The first-order valence-corrected chi connectivity index (χ1v) is 11.2. The van der Waals surface area contributed by atoms with Crippen LogP contribution in [0.1, 0.15) is 6.92 Å². The predicted molar refractivity (Wildman–Crippen MR) is 124 cm³/mol. The SMILES string of the molecule is CC(F)(F)C(=O)Oc1ccccc1.c1ccc([S+](c2ccccc2)c2ccccc2)cc1. The van der Waals surface area contributed by atoms with Crippen LogP contribution in [0.3, 0.4) is 0 Å². The Morgan fingerprint density at radius 2 is 0.938 bits per heavy atom. The monoisotopic (exact) mass is 449 g/mol. The van der Waals surface area contributed by atoms with E-state index in [9.17, 15) is 13.6 Å². The molecule has 4 rings (SSSR count). The highest BCUT2D eigenvalue weighted by molar-refractivity contribution is 7.97. The molecule has 0 N–H and O–H groups in total. The fourth-order valence-electron chi connectivity index (χ4n) is 2.76. The summed E-state index contributed by atoms with van der Waals surface area (Å²) in [5.74, 6) is -4.87. The van der Waals surface area contributed by atoms with Crippen LogP contribution in [0.25, 0.3) is 0 Å². The molecule has 0 aliphatic heterocycles. The van der Waals surface area contributed by atoms with Crippen LogP contribution in [-0.4, -0.2) is 11.9 Å². The average Bonchev–Trinajstić information content (AvgIpc) is 2.82. The highest BCUT2D eigenvalue weighted by atomic mass is 32.2. The second-order valence-electron chi connectivity index (χ2n) is 6.84. The van der Waals surface area contributed by atoms with Crippen LogP contribution in [0, 0.1) is 0 Å². The van der Waals surface area contributed by atoms with Crippen molar-refractivity contribution in [3.8, 4) is 5.75 Å². The van der Waals surface area contributed by atoms with Gasteiger partial charge in [-0.2, -0.15) is 8.78 Å². The molecule has 0 unspecified atom stereocenters. The number of hydrogen-bond donors (Lipinski definition) is 0. The van der Waals surface area contributed by atoms with Gasteiger partial charge in [-0.15, -0.1) is 0 Å². The standard InChI is InChI=1S/C18H15S.C9H8F2O2/c1-4-10-16(11-5-1)19(17-12-6-2-7-13-17)18-14-8-3-9-15-18;1-9(10,11)8(12)13-7-5-3-2-4-6-7/h1-15H;2-6H,1H3/q+1;. The third kappa shape index (κ3) is 6.79. The zero-order chi connectivity index (χ0) is 22.8. The number of benzene rings is 4. The summed E-state index contributed by atoms with van der Waals surface area (Å²) in [7, 11) is -0.0146. The van der Waals surface area contributed by atoms with E-state index in [1.807, 2.05) is 0 Å². The van der Waals surface area contributed by atoms with Gasteiger partial charge in [0.25, 0.3) is 0 Å². The number of halogens is 2. The second-order valence-corrected chi connectivity index (χ2v) is 8.86. The van der Waals surface area contributed by atoms with Crippen molar-refractivity contribution in [3.05, 3.63) is 121 Å². The number of alkyl halides is 2. The van der Waals surface area contributed by atoms with Gasteiger partial charge >= 0.3 is 11.9 Å². The quantitative estimate of drug-likeness (QED) is 0.186. The number of esters is 1. The Balaban J connectivity index is 0.000000195. The molecule has 0 radical (unpaired) electrons. The second kappa shape index (κ2) is 11.3. The Kier molecular flexibility index (Phi) is 8.17. The molecule has 4 aromatic rings. The van der Waals surface area contributed by atoms with Crippen LogP contribution < -0.4 is 4.74 Å². The Hall–Kier alpha value is -3.44. The first-order chi connectivity index (χ1) is 15.4. The third-order valence-corrected chi connectivity index (χ3v) is 6.48. The van der Waals surface area contributed by atoms with E-state index in [-0.39, 0.29) is 16.6 Å². The van der Waals surface area contributed by atoms with Gasteiger partial charge in [0.1, 0.15) is 5.75 Å². The summed E-state index contributed by atoms with van der Waals surface area (Å²) >= 11 is 0. The maximum atomic E-state index is 12.3. The highest BCUT2D eigenvalue weighted by Gasteiger charge is 2.34. The van der Waals surface area contributed by atoms with Gasteiger partial charge in [0.2, 0.25) is 0 Å². The van der Waals surface area contributed by atoms with Crippen LogP contribution >= 0.6 is 0 Å². The van der Waals surface area contributed by atoms with E-state index in [2.05, 4.69) is 95.7 Å². The normalized spacial score (nSPS) is 10.8. The third-order valence-electron chi connectivity index (χ3n) is 4.25. The summed E-state index contributed by atoms with van der Waals surface area (Å²) in [5.41, 5.74) is 0. The fourth-order valence-corrected chi connectivity index (χ4v) is 4.87. The van der Waals surface area contributed by atoms with Crippen LogP contribution in [0.15, 0.2) is 136 Å². The lowest BCUT2D eigenvalue weighted by Crippen LogP contribution is -2.29. The molecule has 0 saturated carbocycles. The maximum Gasteiger partial charge on any atom is 0.382 e. The molecule has 0 bridgehead atoms. The lowest BCUT2D eigenvalue weighted by Gasteiger charge is -2.08. The van der Waals surface area contributed by atoms with E-state index in [4.69, 9.17) is 0 Å². The number of rotatable bonds is 5. The minimum absolute atomic E-state index is 0.0146. The molecule has 4 aromatic carbocycles. The van der Waals surface area contributed by atoms with Gasteiger partial charge in [-0.05, 0) is 48.5 Å². The van der Waals surface area contributed by atoms with E-state index in [0.29, 0.717) is 6.92 Å². The molecule has 0 aliphatic carbocycles. The summed E-state index contributed by atoms with van der Waals surface area (Å²) in [6, 6.07) is 39.9. The van der Waals surface area contributed by atoms with Crippen molar-refractivity contribution >= 4 is 16.9 Å². The van der Waals surface area contributed by atoms with Crippen molar-refractivity contribution < 1.29 is 18.3 Å². The number of carbonyl (C=O) groups is 1. The van der Waals surface area contributed by atoms with Gasteiger partial charge in [0.15, 0.2) is 14.7 Å². The number of para-hydroxylation sites is 1.